The van der Waals surface area contributed by atoms with Crippen LogP contribution in [-0.4, -0.2) is 53.1 Å². The van der Waals surface area contributed by atoms with Crippen LogP contribution in [0.1, 0.15) is 30.8 Å². The minimum atomic E-state index is -3.33. The molecule has 0 bridgehead atoms. The molecule has 1 aromatic rings. The van der Waals surface area contributed by atoms with Crippen molar-refractivity contribution in [3.63, 3.8) is 0 Å². The summed E-state index contributed by atoms with van der Waals surface area (Å²) in [4.78, 5) is 16.9. The van der Waals surface area contributed by atoms with Crippen molar-refractivity contribution >= 4 is 15.9 Å². The zero-order chi connectivity index (χ0) is 15.9. The molecular formula is C14H22N4O3S. The first kappa shape index (κ1) is 15.5. The van der Waals surface area contributed by atoms with Crippen LogP contribution in [0.4, 0.5) is 0 Å². The Bertz CT molecular complexity index is 682. The second kappa shape index (κ2) is 5.66. The molecule has 0 aliphatic carbocycles. The Labute approximate surface area is 130 Å². The first-order chi connectivity index (χ1) is 10.3. The minimum absolute atomic E-state index is 0.0376. The van der Waals surface area contributed by atoms with Crippen LogP contribution in [0.3, 0.4) is 0 Å². The average Bonchev–Trinajstić information content (AvgIpc) is 3.02. The summed E-state index contributed by atoms with van der Waals surface area (Å²) >= 11 is 0. The van der Waals surface area contributed by atoms with E-state index in [1.54, 1.807) is 0 Å². The maximum absolute atomic E-state index is 12.4. The van der Waals surface area contributed by atoms with Gasteiger partial charge in [-0.05, 0) is 26.2 Å². The van der Waals surface area contributed by atoms with E-state index in [-0.39, 0.29) is 11.9 Å². The van der Waals surface area contributed by atoms with Crippen molar-refractivity contribution < 1.29 is 13.2 Å². The largest absolute Gasteiger partial charge is 0.350 e. The monoisotopic (exact) mass is 326 g/mol. The normalized spacial score (nSPS) is 25.9. The molecule has 2 aliphatic rings. The van der Waals surface area contributed by atoms with Crippen LogP contribution in [0.15, 0.2) is 6.20 Å². The van der Waals surface area contributed by atoms with Crippen LogP contribution in [0.5, 0.6) is 0 Å². The van der Waals surface area contributed by atoms with Crippen LogP contribution < -0.4 is 5.32 Å². The predicted octanol–water partition coefficient (Wildman–Crippen LogP) is 0.0465. The molecule has 3 heterocycles. The molecule has 0 radical (unpaired) electrons. The quantitative estimate of drug-likeness (QED) is 0.850. The highest BCUT2D eigenvalue weighted by atomic mass is 32.2. The fourth-order valence-electron chi connectivity index (χ4n) is 3.40. The van der Waals surface area contributed by atoms with Crippen molar-refractivity contribution in [2.45, 2.75) is 51.2 Å². The Morgan fingerprint density at radius 3 is 2.91 bits per heavy atom. The summed E-state index contributed by atoms with van der Waals surface area (Å²) in [5.74, 6) is 0.884. The maximum Gasteiger partial charge on any atom is 0.238 e. The Kier molecular flexibility index (Phi) is 3.98. The second-order valence-electron chi connectivity index (χ2n) is 6.23. The van der Waals surface area contributed by atoms with Gasteiger partial charge in [-0.1, -0.05) is 0 Å². The lowest BCUT2D eigenvalue weighted by atomic mass is 10.1. The average molecular weight is 326 g/mol. The van der Waals surface area contributed by atoms with Crippen molar-refractivity contribution in [3.05, 3.63) is 17.7 Å². The van der Waals surface area contributed by atoms with E-state index < -0.39 is 16.1 Å². The lowest BCUT2D eigenvalue weighted by molar-refractivity contribution is -0.125. The van der Waals surface area contributed by atoms with E-state index in [1.807, 2.05) is 13.1 Å². The van der Waals surface area contributed by atoms with E-state index in [0.29, 0.717) is 19.5 Å². The van der Waals surface area contributed by atoms with E-state index >= 15 is 0 Å². The summed E-state index contributed by atoms with van der Waals surface area (Å²) in [6.07, 6.45) is 6.17. The third-order valence-corrected chi connectivity index (χ3v) is 5.68. The van der Waals surface area contributed by atoms with Crippen LogP contribution in [0.2, 0.25) is 0 Å². The van der Waals surface area contributed by atoms with Gasteiger partial charge in [0.2, 0.25) is 15.9 Å². The molecule has 1 N–H and O–H groups in total. The van der Waals surface area contributed by atoms with Crippen molar-refractivity contribution in [1.82, 2.24) is 19.2 Å². The molecule has 8 heteroatoms. The van der Waals surface area contributed by atoms with E-state index in [2.05, 4.69) is 14.9 Å². The Morgan fingerprint density at radius 2 is 2.18 bits per heavy atom. The van der Waals surface area contributed by atoms with Crippen molar-refractivity contribution in [2.24, 2.45) is 0 Å². The number of hydrogen-bond acceptors (Lipinski definition) is 4. The summed E-state index contributed by atoms with van der Waals surface area (Å²) in [6, 6.07) is -0.517. The molecule has 2 unspecified atom stereocenters. The molecule has 7 nitrogen and oxygen atoms in total. The summed E-state index contributed by atoms with van der Waals surface area (Å²) in [5.41, 5.74) is 0.987. The maximum atomic E-state index is 12.4. The number of nitrogens with one attached hydrogen (secondary N) is 1. The first-order valence-electron chi connectivity index (χ1n) is 7.64. The van der Waals surface area contributed by atoms with Gasteiger partial charge < -0.3 is 9.88 Å². The number of aromatic nitrogens is 2. The molecule has 3 rings (SSSR count). The number of hydrogen-bond donors (Lipinski definition) is 1. The van der Waals surface area contributed by atoms with E-state index in [4.69, 9.17) is 0 Å². The van der Waals surface area contributed by atoms with Gasteiger partial charge in [0.1, 0.15) is 11.9 Å². The van der Waals surface area contributed by atoms with Crippen molar-refractivity contribution in [2.75, 3.05) is 12.8 Å². The van der Waals surface area contributed by atoms with Gasteiger partial charge in [-0.25, -0.2) is 13.4 Å². The van der Waals surface area contributed by atoms with Gasteiger partial charge in [0, 0.05) is 31.7 Å². The Morgan fingerprint density at radius 1 is 1.41 bits per heavy atom. The van der Waals surface area contributed by atoms with Crippen LogP contribution in [-0.2, 0) is 27.8 Å². The molecule has 22 heavy (non-hydrogen) atoms. The highest BCUT2D eigenvalue weighted by Crippen LogP contribution is 2.21. The lowest BCUT2D eigenvalue weighted by Gasteiger charge is -2.28. The second-order valence-corrected chi connectivity index (χ2v) is 8.16. The molecule has 0 aromatic carbocycles. The summed E-state index contributed by atoms with van der Waals surface area (Å²) in [7, 11) is -3.33. The number of aryl methyl sites for hydroxylation is 2. The highest BCUT2D eigenvalue weighted by molar-refractivity contribution is 7.88. The van der Waals surface area contributed by atoms with Gasteiger partial charge in [0.05, 0.1) is 11.9 Å². The van der Waals surface area contributed by atoms with Crippen molar-refractivity contribution in [3.8, 4) is 0 Å². The van der Waals surface area contributed by atoms with E-state index in [1.165, 1.54) is 10.6 Å². The Balaban J connectivity index is 1.65. The first-order valence-corrected chi connectivity index (χ1v) is 9.49. The number of rotatable bonds is 3. The zero-order valence-corrected chi connectivity index (χ0v) is 13.8. The predicted molar refractivity (Wildman–Crippen MR) is 81.8 cm³/mol. The smallest absolute Gasteiger partial charge is 0.238 e. The van der Waals surface area contributed by atoms with Crippen LogP contribution in [0, 0.1) is 6.92 Å². The SMILES string of the molecule is Cc1cn2c(n1)CCC(NC(=O)C1CCCN1S(C)(=O)=O)C2. The molecule has 0 spiro atoms. The minimum Gasteiger partial charge on any atom is -0.350 e. The molecule has 1 amide bonds. The fraction of sp³-hybridized carbons (Fsp3) is 0.714. The van der Waals surface area contributed by atoms with Gasteiger partial charge in [0.25, 0.3) is 0 Å². The molecule has 2 atom stereocenters. The molecule has 1 fully saturated rings. The number of sulfonamides is 1. The number of carbonyl (C=O) groups is 1. The van der Waals surface area contributed by atoms with Gasteiger partial charge >= 0.3 is 0 Å². The summed E-state index contributed by atoms with van der Waals surface area (Å²) in [6.45, 7) is 3.10. The summed E-state index contributed by atoms with van der Waals surface area (Å²) in [5, 5.41) is 3.02. The van der Waals surface area contributed by atoms with Gasteiger partial charge in [-0.3, -0.25) is 4.79 Å². The van der Waals surface area contributed by atoms with Crippen LogP contribution in [0.25, 0.3) is 0 Å². The highest BCUT2D eigenvalue weighted by Gasteiger charge is 2.37. The molecule has 0 saturated carbocycles. The third kappa shape index (κ3) is 3.03. The standard InChI is InChI=1S/C14H22N4O3S/c1-10-8-17-9-11(5-6-13(17)15-10)16-14(19)12-4-3-7-18(12)22(2,20)21/h8,11-12H,3-7,9H2,1-2H3,(H,16,19). The van der Waals surface area contributed by atoms with E-state index in [0.717, 1.165) is 30.8 Å². The fourth-order valence-corrected chi connectivity index (χ4v) is 4.52. The molecule has 2 aliphatic heterocycles. The number of carbonyl (C=O) groups excluding carboxylic acids is 1. The van der Waals surface area contributed by atoms with E-state index in [9.17, 15) is 13.2 Å². The third-order valence-electron chi connectivity index (χ3n) is 4.39. The molecular weight excluding hydrogens is 304 g/mol. The number of fused-ring (bicyclic) bond motifs is 1. The topological polar surface area (TPSA) is 84.3 Å². The molecule has 1 aromatic heterocycles. The zero-order valence-electron chi connectivity index (χ0n) is 12.9. The number of amides is 1. The molecule has 122 valence electrons. The van der Waals surface area contributed by atoms with Crippen LogP contribution >= 0.6 is 0 Å². The number of imidazole rings is 1. The van der Waals surface area contributed by atoms with Gasteiger partial charge in [-0.2, -0.15) is 4.31 Å². The Hall–Kier alpha value is -1.41. The summed E-state index contributed by atoms with van der Waals surface area (Å²) < 4.78 is 26.9. The van der Waals surface area contributed by atoms with Gasteiger partial charge in [0.15, 0.2) is 0 Å². The number of nitrogens with zero attached hydrogens (tertiary/aromatic N) is 3. The lowest BCUT2D eigenvalue weighted by Crippen LogP contribution is -2.50. The van der Waals surface area contributed by atoms with Gasteiger partial charge in [-0.15, -0.1) is 0 Å². The van der Waals surface area contributed by atoms with Crippen molar-refractivity contribution in [1.29, 1.82) is 0 Å². The molecule has 1 saturated heterocycles.